The van der Waals surface area contributed by atoms with Gasteiger partial charge in [0.25, 0.3) is 5.60 Å². The molecule has 0 aromatic carbocycles. The lowest BCUT2D eigenvalue weighted by Crippen LogP contribution is -2.57. The van der Waals surface area contributed by atoms with Crippen molar-refractivity contribution in [3.8, 4) is 0 Å². The molecular formula is C9H16O5. The predicted molar refractivity (Wildman–Crippen MR) is 48.4 cm³/mol. The summed E-state index contributed by atoms with van der Waals surface area (Å²) < 4.78 is 8.75. The molecule has 0 aromatic heterocycles. The summed E-state index contributed by atoms with van der Waals surface area (Å²) in [6.45, 7) is 4.63. The van der Waals surface area contributed by atoms with E-state index >= 15 is 0 Å². The van der Waals surface area contributed by atoms with Crippen LogP contribution in [0.5, 0.6) is 0 Å². The minimum Gasteiger partial charge on any atom is -0.466 e. The minimum absolute atomic E-state index is 0.993. The van der Waals surface area contributed by atoms with Gasteiger partial charge in [-0.2, -0.15) is 0 Å². The largest absolute Gasteiger partial charge is 0.466 e. The third-order valence-corrected chi connectivity index (χ3v) is 2.05. The lowest BCUT2D eigenvalue weighted by molar-refractivity contribution is -0.193. The van der Waals surface area contributed by atoms with Crippen LogP contribution in [0, 0.1) is 5.41 Å². The molecule has 0 aliphatic heterocycles. The van der Waals surface area contributed by atoms with E-state index in [1.165, 1.54) is 0 Å². The SMILES string of the molecule is COC(=O)C(O)(C(=O)OC)C(C)(C)C. The van der Waals surface area contributed by atoms with Crippen LogP contribution in [0.1, 0.15) is 20.8 Å². The lowest BCUT2D eigenvalue weighted by Gasteiger charge is -2.34. The van der Waals surface area contributed by atoms with E-state index in [1.54, 1.807) is 20.8 Å². The Hall–Kier alpha value is -1.10. The van der Waals surface area contributed by atoms with E-state index in [-0.39, 0.29) is 0 Å². The zero-order valence-corrected chi connectivity index (χ0v) is 9.08. The van der Waals surface area contributed by atoms with Gasteiger partial charge < -0.3 is 14.6 Å². The maximum absolute atomic E-state index is 11.3. The normalized spacial score (nSPS) is 12.1. The van der Waals surface area contributed by atoms with Crippen molar-refractivity contribution in [1.29, 1.82) is 0 Å². The summed E-state index contributed by atoms with van der Waals surface area (Å²) in [5, 5.41) is 9.94. The van der Waals surface area contributed by atoms with Crippen molar-refractivity contribution in [3.63, 3.8) is 0 Å². The maximum Gasteiger partial charge on any atom is 0.350 e. The molecule has 0 saturated carbocycles. The second-order valence-corrected chi connectivity index (χ2v) is 3.94. The van der Waals surface area contributed by atoms with E-state index in [9.17, 15) is 14.7 Å². The van der Waals surface area contributed by atoms with Crippen LogP contribution in [0.4, 0.5) is 0 Å². The van der Waals surface area contributed by atoms with Crippen LogP contribution < -0.4 is 0 Å². The standard InChI is InChI=1S/C9H16O5/c1-8(2,3)9(12,6(10)13-4)7(11)14-5/h12H,1-5H3. The predicted octanol–water partition coefficient (Wildman–Crippen LogP) is 0.110. The van der Waals surface area contributed by atoms with E-state index in [0.717, 1.165) is 14.2 Å². The topological polar surface area (TPSA) is 72.8 Å². The van der Waals surface area contributed by atoms with Gasteiger partial charge in [0.1, 0.15) is 0 Å². The Bertz CT molecular complexity index is 222. The monoisotopic (exact) mass is 204 g/mol. The van der Waals surface area contributed by atoms with E-state index in [1.807, 2.05) is 0 Å². The fraction of sp³-hybridized carbons (Fsp3) is 0.778. The van der Waals surface area contributed by atoms with Crippen molar-refractivity contribution >= 4 is 11.9 Å². The van der Waals surface area contributed by atoms with Crippen molar-refractivity contribution in [2.75, 3.05) is 14.2 Å². The highest BCUT2D eigenvalue weighted by Gasteiger charge is 2.56. The second kappa shape index (κ2) is 3.96. The molecule has 0 radical (unpaired) electrons. The Kier molecular flexibility index (Phi) is 3.65. The van der Waals surface area contributed by atoms with Gasteiger partial charge in [-0.1, -0.05) is 20.8 Å². The third-order valence-electron chi connectivity index (χ3n) is 2.05. The van der Waals surface area contributed by atoms with E-state index in [0.29, 0.717) is 0 Å². The molecule has 0 spiro atoms. The van der Waals surface area contributed by atoms with Crippen molar-refractivity contribution < 1.29 is 24.2 Å². The van der Waals surface area contributed by atoms with Gasteiger partial charge in [0, 0.05) is 5.41 Å². The molecular weight excluding hydrogens is 188 g/mol. The summed E-state index contributed by atoms with van der Waals surface area (Å²) in [4.78, 5) is 22.6. The van der Waals surface area contributed by atoms with Crippen LogP contribution in [-0.4, -0.2) is 36.9 Å². The Morgan fingerprint density at radius 1 is 1.00 bits per heavy atom. The van der Waals surface area contributed by atoms with Gasteiger partial charge in [0.05, 0.1) is 14.2 Å². The number of carbonyl (C=O) groups is 2. The summed E-state index contributed by atoms with van der Waals surface area (Å²) in [5.41, 5.74) is -3.26. The van der Waals surface area contributed by atoms with Gasteiger partial charge in [-0.15, -0.1) is 0 Å². The summed E-state index contributed by atoms with van der Waals surface area (Å²) in [5.74, 6) is -2.03. The van der Waals surface area contributed by atoms with Crippen LogP contribution in [0.15, 0.2) is 0 Å². The number of methoxy groups -OCH3 is 2. The van der Waals surface area contributed by atoms with Crippen LogP contribution in [0.2, 0.25) is 0 Å². The molecule has 0 unspecified atom stereocenters. The van der Waals surface area contributed by atoms with Crippen molar-refractivity contribution in [1.82, 2.24) is 0 Å². The average molecular weight is 204 g/mol. The summed E-state index contributed by atoms with van der Waals surface area (Å²) in [6.07, 6.45) is 0. The van der Waals surface area contributed by atoms with E-state index in [2.05, 4.69) is 9.47 Å². The van der Waals surface area contributed by atoms with Gasteiger partial charge in [0.2, 0.25) is 0 Å². The smallest absolute Gasteiger partial charge is 0.350 e. The van der Waals surface area contributed by atoms with Crippen molar-refractivity contribution in [3.05, 3.63) is 0 Å². The maximum atomic E-state index is 11.3. The van der Waals surface area contributed by atoms with Gasteiger partial charge in [0.15, 0.2) is 0 Å². The molecule has 5 nitrogen and oxygen atoms in total. The molecule has 0 atom stereocenters. The highest BCUT2D eigenvalue weighted by atomic mass is 16.6. The molecule has 0 aliphatic rings. The van der Waals surface area contributed by atoms with Crippen LogP contribution in [0.3, 0.4) is 0 Å². The Morgan fingerprint density at radius 3 is 1.43 bits per heavy atom. The van der Waals surface area contributed by atoms with Gasteiger partial charge in [-0.3, -0.25) is 0 Å². The van der Waals surface area contributed by atoms with Gasteiger partial charge in [-0.05, 0) is 0 Å². The average Bonchev–Trinajstić information content (AvgIpc) is 2.12. The lowest BCUT2D eigenvalue weighted by atomic mass is 9.76. The van der Waals surface area contributed by atoms with E-state index in [4.69, 9.17) is 0 Å². The first kappa shape index (κ1) is 12.9. The van der Waals surface area contributed by atoms with Crippen molar-refractivity contribution in [2.45, 2.75) is 26.4 Å². The molecule has 82 valence electrons. The zero-order chi connectivity index (χ0) is 11.6. The molecule has 5 heteroatoms. The molecule has 0 rings (SSSR count). The first-order chi connectivity index (χ1) is 6.21. The Balaban J connectivity index is 5.27. The zero-order valence-electron chi connectivity index (χ0n) is 9.08. The highest BCUT2D eigenvalue weighted by molar-refractivity contribution is 6.04. The van der Waals surface area contributed by atoms with E-state index < -0.39 is 23.0 Å². The first-order valence-corrected chi connectivity index (χ1v) is 4.11. The molecule has 0 aliphatic carbocycles. The first-order valence-electron chi connectivity index (χ1n) is 4.11. The highest BCUT2D eigenvalue weighted by Crippen LogP contribution is 2.32. The Labute approximate surface area is 83.0 Å². The number of carbonyl (C=O) groups excluding carboxylic acids is 2. The summed E-state index contributed by atoms with van der Waals surface area (Å²) >= 11 is 0. The van der Waals surface area contributed by atoms with Crippen LogP contribution >= 0.6 is 0 Å². The number of esters is 2. The molecule has 0 fully saturated rings. The molecule has 0 heterocycles. The fourth-order valence-corrected chi connectivity index (χ4v) is 0.991. The molecule has 14 heavy (non-hydrogen) atoms. The number of hydrogen-bond acceptors (Lipinski definition) is 5. The Morgan fingerprint density at radius 2 is 1.29 bits per heavy atom. The van der Waals surface area contributed by atoms with Crippen LogP contribution in [0.25, 0.3) is 0 Å². The number of hydrogen-bond donors (Lipinski definition) is 1. The summed E-state index contributed by atoms with van der Waals surface area (Å²) in [7, 11) is 2.20. The third kappa shape index (κ3) is 1.87. The van der Waals surface area contributed by atoms with Crippen molar-refractivity contribution in [2.24, 2.45) is 5.41 Å². The molecule has 0 saturated heterocycles. The minimum atomic E-state index is -2.27. The molecule has 1 N–H and O–H groups in total. The van der Waals surface area contributed by atoms with Gasteiger partial charge in [-0.25, -0.2) is 9.59 Å². The molecule has 0 bridgehead atoms. The second-order valence-electron chi connectivity index (χ2n) is 3.94. The molecule has 0 aromatic rings. The number of rotatable bonds is 2. The quantitative estimate of drug-likeness (QED) is 0.510. The fourth-order valence-electron chi connectivity index (χ4n) is 0.991. The van der Waals surface area contributed by atoms with Crippen LogP contribution in [-0.2, 0) is 19.1 Å². The summed E-state index contributed by atoms with van der Waals surface area (Å²) in [6, 6.07) is 0. The number of aliphatic hydroxyl groups is 1. The van der Waals surface area contributed by atoms with Gasteiger partial charge >= 0.3 is 11.9 Å². The number of ether oxygens (including phenoxy) is 2. The molecule has 0 amide bonds.